The minimum atomic E-state index is 1.23. The number of fused-ring (bicyclic) bond motifs is 2. The van der Waals surface area contributed by atoms with Crippen LogP contribution in [0.2, 0.25) is 0 Å². The van der Waals surface area contributed by atoms with Gasteiger partial charge in [-0.05, 0) is 99.7 Å². The summed E-state index contributed by atoms with van der Waals surface area (Å²) in [7, 11) is 0. The summed E-state index contributed by atoms with van der Waals surface area (Å²) in [6.45, 7) is 0. The van der Waals surface area contributed by atoms with Crippen LogP contribution in [0, 0.1) is 61.2 Å². The fourth-order valence-corrected chi connectivity index (χ4v) is 3.80. The van der Waals surface area contributed by atoms with Crippen molar-refractivity contribution in [2.24, 2.45) is 0 Å². The zero-order chi connectivity index (χ0) is 11.9. The lowest BCUT2D eigenvalue weighted by atomic mass is 9.91. The molecule has 4 aliphatic carbocycles. The maximum atomic E-state index is 2.46. The lowest BCUT2D eigenvalue weighted by Gasteiger charge is -2.13. The highest BCUT2D eigenvalue weighted by atomic mass is 14.4. The number of hydrogen-bond acceptors (Lipinski definition) is 0. The van der Waals surface area contributed by atoms with Gasteiger partial charge in [-0.1, -0.05) is 12.8 Å². The Labute approximate surface area is 113 Å². The van der Waals surface area contributed by atoms with Gasteiger partial charge in [0.15, 0.2) is 0 Å². The van der Waals surface area contributed by atoms with Gasteiger partial charge in [0, 0.05) is 0 Å². The molecule has 18 heavy (non-hydrogen) atoms. The fraction of sp³-hybridized carbons (Fsp3) is 0.444. The molecule has 0 aliphatic heterocycles. The first-order valence-corrected chi connectivity index (χ1v) is 7.43. The maximum Gasteiger partial charge on any atom is -0.0130 e. The van der Waals surface area contributed by atoms with E-state index < -0.39 is 0 Å². The van der Waals surface area contributed by atoms with E-state index in [2.05, 4.69) is 25.7 Å². The Morgan fingerprint density at radius 1 is 0.556 bits per heavy atom. The summed E-state index contributed by atoms with van der Waals surface area (Å²) in [4.78, 5) is 0. The lowest BCUT2D eigenvalue weighted by molar-refractivity contribution is 0.783. The molecule has 0 N–H and O–H groups in total. The van der Waals surface area contributed by atoms with Crippen LogP contribution in [0.4, 0.5) is 0 Å². The van der Waals surface area contributed by atoms with Gasteiger partial charge in [0.2, 0.25) is 0 Å². The van der Waals surface area contributed by atoms with E-state index in [0.29, 0.717) is 0 Å². The molecule has 0 amide bonds. The van der Waals surface area contributed by atoms with Crippen LogP contribution in [-0.4, -0.2) is 0 Å². The normalized spacial score (nSPS) is 32.7. The Morgan fingerprint density at radius 3 is 1.22 bits per heavy atom. The Bertz CT molecular complexity index is 240. The second-order valence-corrected chi connectivity index (χ2v) is 6.04. The standard InChI is InChI=1S/C18H20/c1-3-15-9-13(10-16(15)4-1)7-8-14-11-17-5-2-6-18(17)12-14/h9-12H,1-8H2. The molecule has 0 unspecified atom stereocenters. The SMILES string of the molecule is [CH]1[C](CC[C]2[CH][C]3CCC[C]3[CH]2)[CH][C]2CCC[C]12. The molecule has 0 aromatic rings. The van der Waals surface area contributed by atoms with Crippen molar-refractivity contribution in [3.63, 3.8) is 0 Å². The third-order valence-corrected chi connectivity index (χ3v) is 4.75. The molecular formula is C18H20. The molecule has 10 radical (unpaired) electrons. The van der Waals surface area contributed by atoms with E-state index in [-0.39, 0.29) is 0 Å². The van der Waals surface area contributed by atoms with E-state index in [1.54, 1.807) is 35.5 Å². The van der Waals surface area contributed by atoms with Crippen LogP contribution in [-0.2, 0) is 0 Å². The molecule has 0 nitrogen and oxygen atoms in total. The summed E-state index contributed by atoms with van der Waals surface area (Å²) in [6.07, 6.45) is 20.3. The first-order chi connectivity index (χ1) is 8.88. The average molecular weight is 236 g/mol. The molecule has 0 aromatic carbocycles. The molecule has 4 aliphatic rings. The predicted octanol–water partition coefficient (Wildman–Crippen LogP) is 4.43. The number of hydrogen-bond donors (Lipinski definition) is 0. The van der Waals surface area contributed by atoms with Crippen LogP contribution in [0.1, 0.15) is 51.4 Å². The van der Waals surface area contributed by atoms with Gasteiger partial charge in [-0.25, -0.2) is 0 Å². The van der Waals surface area contributed by atoms with Crippen LogP contribution < -0.4 is 0 Å². The first-order valence-electron chi connectivity index (χ1n) is 7.43. The number of rotatable bonds is 3. The highest BCUT2D eigenvalue weighted by Crippen LogP contribution is 2.53. The van der Waals surface area contributed by atoms with E-state index in [1.807, 2.05) is 0 Å². The highest BCUT2D eigenvalue weighted by Gasteiger charge is 2.41. The maximum absolute atomic E-state index is 2.46. The highest BCUT2D eigenvalue weighted by molar-refractivity contribution is 5.54. The van der Waals surface area contributed by atoms with Crippen molar-refractivity contribution in [2.75, 3.05) is 0 Å². The van der Waals surface area contributed by atoms with Gasteiger partial charge in [-0.2, -0.15) is 0 Å². The summed E-state index contributed by atoms with van der Waals surface area (Å²) in [5.74, 6) is 9.68. The molecule has 0 spiro atoms. The van der Waals surface area contributed by atoms with Gasteiger partial charge in [0.1, 0.15) is 0 Å². The van der Waals surface area contributed by atoms with Crippen molar-refractivity contribution < 1.29 is 0 Å². The molecule has 0 atom stereocenters. The first kappa shape index (κ1) is 11.8. The van der Waals surface area contributed by atoms with Gasteiger partial charge >= 0.3 is 0 Å². The minimum absolute atomic E-state index is 1.23. The second-order valence-electron chi connectivity index (χ2n) is 6.04. The predicted molar refractivity (Wildman–Crippen MR) is 73.6 cm³/mol. The fourth-order valence-electron chi connectivity index (χ4n) is 3.80. The minimum Gasteiger partial charge on any atom is -0.0521 e. The van der Waals surface area contributed by atoms with Crippen molar-refractivity contribution >= 4 is 0 Å². The van der Waals surface area contributed by atoms with Crippen molar-refractivity contribution in [2.45, 2.75) is 51.4 Å². The van der Waals surface area contributed by atoms with Crippen LogP contribution in [0.15, 0.2) is 0 Å². The van der Waals surface area contributed by atoms with Crippen LogP contribution in [0.3, 0.4) is 0 Å². The van der Waals surface area contributed by atoms with E-state index in [9.17, 15) is 0 Å². The summed E-state index contributed by atoms with van der Waals surface area (Å²) in [5.41, 5.74) is 0. The molecular weight excluding hydrogens is 216 g/mol. The van der Waals surface area contributed by atoms with Crippen molar-refractivity contribution in [1.29, 1.82) is 0 Å². The van der Waals surface area contributed by atoms with E-state index >= 15 is 0 Å². The van der Waals surface area contributed by atoms with Gasteiger partial charge in [-0.15, -0.1) is 0 Å². The van der Waals surface area contributed by atoms with Crippen LogP contribution in [0.5, 0.6) is 0 Å². The molecule has 4 fully saturated rings. The zero-order valence-corrected chi connectivity index (χ0v) is 11.0. The molecule has 0 heteroatoms. The Kier molecular flexibility index (Phi) is 3.17. The third kappa shape index (κ3) is 2.14. The molecule has 4 saturated carbocycles. The molecule has 0 aromatic heterocycles. The van der Waals surface area contributed by atoms with Crippen molar-refractivity contribution in [1.82, 2.24) is 0 Å². The summed E-state index contributed by atoms with van der Waals surface area (Å²) in [6, 6.07) is 0. The smallest absolute Gasteiger partial charge is 0.0130 e. The van der Waals surface area contributed by atoms with E-state index in [4.69, 9.17) is 0 Å². The third-order valence-electron chi connectivity index (χ3n) is 4.75. The molecule has 0 bridgehead atoms. The van der Waals surface area contributed by atoms with Gasteiger partial charge in [-0.3, -0.25) is 0 Å². The van der Waals surface area contributed by atoms with Crippen LogP contribution >= 0.6 is 0 Å². The summed E-state index contributed by atoms with van der Waals surface area (Å²) >= 11 is 0. The topological polar surface area (TPSA) is 0 Å². The molecule has 0 heterocycles. The summed E-state index contributed by atoms with van der Waals surface area (Å²) < 4.78 is 0. The van der Waals surface area contributed by atoms with Crippen molar-refractivity contribution in [3.8, 4) is 0 Å². The average Bonchev–Trinajstić information content (AvgIpc) is 3.04. The van der Waals surface area contributed by atoms with Gasteiger partial charge in [0.05, 0.1) is 0 Å². The van der Waals surface area contributed by atoms with Crippen molar-refractivity contribution in [3.05, 3.63) is 61.2 Å². The van der Waals surface area contributed by atoms with E-state index in [0.717, 1.165) is 0 Å². The molecule has 4 rings (SSSR count). The molecule has 0 saturated heterocycles. The van der Waals surface area contributed by atoms with Gasteiger partial charge in [0.25, 0.3) is 0 Å². The Hall–Kier alpha value is 0. The van der Waals surface area contributed by atoms with Crippen LogP contribution in [0.25, 0.3) is 0 Å². The van der Waals surface area contributed by atoms with Gasteiger partial charge < -0.3 is 0 Å². The molecule has 92 valence electrons. The quantitative estimate of drug-likeness (QED) is 0.680. The monoisotopic (exact) mass is 236 g/mol. The largest absolute Gasteiger partial charge is 0.0521 e. The second kappa shape index (κ2) is 4.84. The zero-order valence-electron chi connectivity index (χ0n) is 11.0. The summed E-state index contributed by atoms with van der Waals surface area (Å²) in [5, 5.41) is 0. The lowest BCUT2D eigenvalue weighted by Crippen LogP contribution is -2.00. The Balaban J connectivity index is 1.23. The van der Waals surface area contributed by atoms with E-state index in [1.165, 1.54) is 51.4 Å². The Morgan fingerprint density at radius 2 is 0.889 bits per heavy atom.